The summed E-state index contributed by atoms with van der Waals surface area (Å²) in [7, 11) is 0. The largest absolute Gasteiger partial charge is 0.342 e. The summed E-state index contributed by atoms with van der Waals surface area (Å²) in [5.41, 5.74) is 0.178. The van der Waals surface area contributed by atoms with Crippen molar-refractivity contribution >= 4 is 46.5 Å². The summed E-state index contributed by atoms with van der Waals surface area (Å²) in [4.78, 5) is 28.1. The van der Waals surface area contributed by atoms with Crippen LogP contribution < -0.4 is 0 Å². The lowest BCUT2D eigenvalue weighted by Gasteiger charge is -2.31. The fourth-order valence-corrected chi connectivity index (χ4v) is 4.91. The van der Waals surface area contributed by atoms with E-state index in [9.17, 15) is 9.59 Å². The molecule has 0 fully saturated rings. The molecule has 0 N–H and O–H groups in total. The molecular formula is C25H38Cl3NO2. The van der Waals surface area contributed by atoms with Gasteiger partial charge in [0.15, 0.2) is 5.78 Å². The van der Waals surface area contributed by atoms with Crippen LogP contribution in [0.15, 0.2) is 12.1 Å². The molecular weight excluding hydrogens is 453 g/mol. The Kier molecular flexibility index (Phi) is 13.8. The number of nitrogens with zero attached hydrogens (tertiary/aromatic N) is 1. The van der Waals surface area contributed by atoms with Crippen molar-refractivity contribution in [1.29, 1.82) is 0 Å². The van der Waals surface area contributed by atoms with E-state index in [1.54, 1.807) is 0 Å². The van der Waals surface area contributed by atoms with E-state index >= 15 is 0 Å². The third-order valence-electron chi connectivity index (χ3n) is 5.99. The number of Topliss-reactive ketones (excluding diaryl/α,β-unsaturated/α-hetero) is 1. The smallest absolute Gasteiger partial charge is 0.230 e. The summed E-state index contributed by atoms with van der Waals surface area (Å²) >= 11 is 18.4. The summed E-state index contributed by atoms with van der Waals surface area (Å²) in [6.45, 7) is 10.1. The molecule has 0 saturated heterocycles. The number of hydrogen-bond acceptors (Lipinski definition) is 2. The summed E-state index contributed by atoms with van der Waals surface area (Å²) in [6.07, 6.45) is 8.63. The van der Waals surface area contributed by atoms with E-state index in [-0.39, 0.29) is 33.7 Å². The van der Waals surface area contributed by atoms with Gasteiger partial charge >= 0.3 is 0 Å². The van der Waals surface area contributed by atoms with Gasteiger partial charge in [0.05, 0.1) is 22.0 Å². The topological polar surface area (TPSA) is 37.4 Å². The normalized spacial score (nSPS) is 13.1. The third kappa shape index (κ3) is 9.72. The highest BCUT2D eigenvalue weighted by molar-refractivity contribution is 6.42. The number of hydrogen-bond donors (Lipinski definition) is 0. The Labute approximate surface area is 203 Å². The number of ketones is 1. The van der Waals surface area contributed by atoms with Gasteiger partial charge in [-0.05, 0) is 36.8 Å². The van der Waals surface area contributed by atoms with Gasteiger partial charge in [-0.2, -0.15) is 0 Å². The van der Waals surface area contributed by atoms with Crippen molar-refractivity contribution in [1.82, 2.24) is 4.90 Å². The Bertz CT molecular complexity index is 667. The number of halogens is 3. The standard InChI is InChI=1S/C25H38Cl3NO2/c1-5-9-11-18(7-3)16-29(17-19(8-4)12-10-6-2)24(31)15-23(30)25-21(27)13-20(26)14-22(25)28/h13-14,18-19H,5-12,15-17H2,1-4H3. The minimum atomic E-state index is -0.357. The first-order valence-electron chi connectivity index (χ1n) is 11.7. The van der Waals surface area contributed by atoms with Crippen LogP contribution in [0.2, 0.25) is 15.1 Å². The number of carbonyl (C=O) groups is 2. The second-order valence-electron chi connectivity index (χ2n) is 8.48. The lowest BCUT2D eigenvalue weighted by Crippen LogP contribution is -2.39. The van der Waals surface area contributed by atoms with Crippen molar-refractivity contribution in [3.05, 3.63) is 32.8 Å². The average Bonchev–Trinajstić information content (AvgIpc) is 2.71. The van der Waals surface area contributed by atoms with Crippen molar-refractivity contribution in [3.8, 4) is 0 Å². The molecule has 2 unspecified atom stereocenters. The van der Waals surface area contributed by atoms with Crippen LogP contribution in [0.3, 0.4) is 0 Å². The minimum Gasteiger partial charge on any atom is -0.342 e. The Morgan fingerprint density at radius 2 is 1.29 bits per heavy atom. The second-order valence-corrected chi connectivity index (χ2v) is 9.73. The molecule has 0 saturated carbocycles. The zero-order valence-corrected chi connectivity index (χ0v) is 21.8. The van der Waals surface area contributed by atoms with Crippen LogP contribution in [-0.2, 0) is 4.79 Å². The maximum absolute atomic E-state index is 13.3. The highest BCUT2D eigenvalue weighted by Gasteiger charge is 2.25. The van der Waals surface area contributed by atoms with Gasteiger partial charge in [0.2, 0.25) is 5.91 Å². The summed E-state index contributed by atoms with van der Waals surface area (Å²) in [5, 5.41) is 0.735. The fourth-order valence-electron chi connectivity index (χ4n) is 3.88. The van der Waals surface area contributed by atoms with Crippen LogP contribution in [0, 0.1) is 11.8 Å². The maximum Gasteiger partial charge on any atom is 0.230 e. The zero-order chi connectivity index (χ0) is 23.4. The summed E-state index contributed by atoms with van der Waals surface area (Å²) in [6, 6.07) is 2.97. The Balaban J connectivity index is 3.01. The van der Waals surface area contributed by atoms with E-state index in [2.05, 4.69) is 27.7 Å². The lowest BCUT2D eigenvalue weighted by atomic mass is 9.95. The van der Waals surface area contributed by atoms with Gasteiger partial charge in [0, 0.05) is 18.1 Å². The highest BCUT2D eigenvalue weighted by Crippen LogP contribution is 2.30. The van der Waals surface area contributed by atoms with Gasteiger partial charge < -0.3 is 4.90 Å². The highest BCUT2D eigenvalue weighted by atomic mass is 35.5. The van der Waals surface area contributed by atoms with Crippen molar-refractivity contribution in [2.75, 3.05) is 13.1 Å². The quantitative estimate of drug-likeness (QED) is 0.182. The zero-order valence-electron chi connectivity index (χ0n) is 19.5. The molecule has 0 heterocycles. The maximum atomic E-state index is 13.3. The van der Waals surface area contributed by atoms with Crippen molar-refractivity contribution < 1.29 is 9.59 Å². The average molecular weight is 491 g/mol. The molecule has 0 aliphatic rings. The van der Waals surface area contributed by atoms with Gasteiger partial charge in [-0.1, -0.05) is 101 Å². The molecule has 1 aromatic carbocycles. The van der Waals surface area contributed by atoms with Crippen LogP contribution in [0.5, 0.6) is 0 Å². The first-order chi connectivity index (χ1) is 14.8. The molecule has 1 aromatic rings. The van der Waals surface area contributed by atoms with Crippen LogP contribution in [-0.4, -0.2) is 29.7 Å². The number of amides is 1. The van der Waals surface area contributed by atoms with Gasteiger partial charge in [0.1, 0.15) is 0 Å². The summed E-state index contributed by atoms with van der Waals surface area (Å²) < 4.78 is 0. The molecule has 31 heavy (non-hydrogen) atoms. The Morgan fingerprint density at radius 1 is 0.839 bits per heavy atom. The molecule has 6 heteroatoms. The minimum absolute atomic E-state index is 0.142. The van der Waals surface area contributed by atoms with Gasteiger partial charge in [0.25, 0.3) is 0 Å². The third-order valence-corrected chi connectivity index (χ3v) is 6.81. The first-order valence-corrected chi connectivity index (χ1v) is 12.9. The molecule has 3 nitrogen and oxygen atoms in total. The number of rotatable bonds is 15. The molecule has 0 aliphatic heterocycles. The monoisotopic (exact) mass is 489 g/mol. The van der Waals surface area contributed by atoms with E-state index in [1.807, 2.05) is 4.90 Å². The lowest BCUT2D eigenvalue weighted by molar-refractivity contribution is -0.131. The van der Waals surface area contributed by atoms with Crippen LogP contribution in [0.25, 0.3) is 0 Å². The molecule has 0 aliphatic carbocycles. The fraction of sp³-hybridized carbons (Fsp3) is 0.680. The molecule has 0 aromatic heterocycles. The van der Waals surface area contributed by atoms with Gasteiger partial charge in [-0.25, -0.2) is 0 Å². The van der Waals surface area contributed by atoms with Crippen LogP contribution in [0.4, 0.5) is 0 Å². The van der Waals surface area contributed by atoms with E-state index in [0.717, 1.165) is 51.4 Å². The Hall–Kier alpha value is -0.770. The molecule has 1 amide bonds. The van der Waals surface area contributed by atoms with E-state index < -0.39 is 0 Å². The molecule has 1 rings (SSSR count). The second kappa shape index (κ2) is 15.1. The summed E-state index contributed by atoms with van der Waals surface area (Å²) in [5.74, 6) is 0.401. The SMILES string of the molecule is CCCCC(CC)CN(CC(CC)CCCC)C(=O)CC(=O)c1c(Cl)cc(Cl)cc1Cl. The van der Waals surface area contributed by atoms with E-state index in [1.165, 1.54) is 12.1 Å². The molecule has 2 atom stereocenters. The van der Waals surface area contributed by atoms with Crippen LogP contribution in [0.1, 0.15) is 95.8 Å². The number of carbonyl (C=O) groups excluding carboxylic acids is 2. The number of benzene rings is 1. The van der Waals surface area contributed by atoms with Crippen molar-refractivity contribution in [3.63, 3.8) is 0 Å². The predicted molar refractivity (Wildman–Crippen MR) is 134 cm³/mol. The van der Waals surface area contributed by atoms with E-state index in [4.69, 9.17) is 34.8 Å². The Morgan fingerprint density at radius 3 is 1.68 bits per heavy atom. The predicted octanol–water partition coefficient (Wildman–Crippen LogP) is 8.48. The molecule has 0 bridgehead atoms. The van der Waals surface area contributed by atoms with Crippen molar-refractivity contribution in [2.24, 2.45) is 11.8 Å². The van der Waals surface area contributed by atoms with E-state index in [0.29, 0.717) is 29.9 Å². The first kappa shape index (κ1) is 28.3. The molecule has 0 radical (unpaired) electrons. The molecule has 0 spiro atoms. The van der Waals surface area contributed by atoms with Crippen molar-refractivity contribution in [2.45, 2.75) is 85.5 Å². The van der Waals surface area contributed by atoms with Crippen LogP contribution >= 0.6 is 34.8 Å². The molecule has 176 valence electrons. The van der Waals surface area contributed by atoms with Gasteiger partial charge in [-0.3, -0.25) is 9.59 Å². The number of unbranched alkanes of at least 4 members (excludes halogenated alkanes) is 2. The van der Waals surface area contributed by atoms with Gasteiger partial charge in [-0.15, -0.1) is 0 Å².